The van der Waals surface area contributed by atoms with E-state index in [0.29, 0.717) is 54.8 Å². The normalized spacial score (nSPS) is 10.9. The molecule has 2 N–H and O–H groups in total. The quantitative estimate of drug-likeness (QED) is 0.231. The van der Waals surface area contributed by atoms with Gasteiger partial charge >= 0.3 is 0 Å². The molecule has 0 aliphatic carbocycles. The predicted molar refractivity (Wildman–Crippen MR) is 140 cm³/mol. The zero-order chi connectivity index (χ0) is 24.5. The number of nitrogens with zero attached hydrogens (tertiary/aromatic N) is 2. The molecule has 5 rings (SSSR count). The van der Waals surface area contributed by atoms with E-state index in [2.05, 4.69) is 20.6 Å². The molecule has 0 spiro atoms. The van der Waals surface area contributed by atoms with Gasteiger partial charge in [-0.15, -0.1) is 0 Å². The molecule has 35 heavy (non-hydrogen) atoms. The molecule has 3 heterocycles. The van der Waals surface area contributed by atoms with Gasteiger partial charge in [0.15, 0.2) is 22.1 Å². The number of nitrogens with one attached hydrogen (secondary N) is 2. The van der Waals surface area contributed by atoms with Crippen molar-refractivity contribution in [1.29, 1.82) is 0 Å². The third-order valence-corrected chi connectivity index (χ3v) is 6.25. The second kappa shape index (κ2) is 9.67. The van der Waals surface area contributed by atoms with E-state index in [-0.39, 0.29) is 10.9 Å². The van der Waals surface area contributed by atoms with E-state index in [9.17, 15) is 4.79 Å². The van der Waals surface area contributed by atoms with Gasteiger partial charge < -0.3 is 14.2 Å². The minimum absolute atomic E-state index is 0.0518. The fourth-order valence-electron chi connectivity index (χ4n) is 3.28. The summed E-state index contributed by atoms with van der Waals surface area (Å²) in [7, 11) is 0. The number of carbonyl (C=O) groups is 1. The number of carbonyl (C=O) groups excluding carboxylic acids is 1. The smallest absolute Gasteiger partial charge is 0.293 e. The molecule has 5 aromatic rings. The molecule has 0 unspecified atom stereocenters. The minimum atomic E-state index is -0.536. The van der Waals surface area contributed by atoms with Crippen molar-refractivity contribution in [1.82, 2.24) is 15.3 Å². The standard InChI is InChI=1S/C24H13Cl3N4O3S/c25-15-7-6-12(11-14(15)23-30-21-18(34-23)5-2-10-28-21)29-24(35)31-22(32)19-9-8-17(33-19)13-3-1-4-16(26)20(13)27/h1-11H,(H2,29,31,32,35). The average Bonchev–Trinajstić information content (AvgIpc) is 3.49. The van der Waals surface area contributed by atoms with Gasteiger partial charge in [-0.1, -0.05) is 40.9 Å². The van der Waals surface area contributed by atoms with E-state index in [0.717, 1.165) is 0 Å². The lowest BCUT2D eigenvalue weighted by atomic mass is 10.2. The second-order valence-corrected chi connectivity index (χ2v) is 8.81. The monoisotopic (exact) mass is 542 g/mol. The fraction of sp³-hybridized carbons (Fsp3) is 0. The number of anilines is 1. The van der Waals surface area contributed by atoms with Gasteiger partial charge in [-0.2, -0.15) is 4.98 Å². The second-order valence-electron chi connectivity index (χ2n) is 7.21. The highest BCUT2D eigenvalue weighted by molar-refractivity contribution is 7.80. The Morgan fingerprint density at radius 1 is 0.914 bits per heavy atom. The molecule has 0 atom stereocenters. The van der Waals surface area contributed by atoms with Gasteiger partial charge in [-0.05, 0) is 66.8 Å². The van der Waals surface area contributed by atoms with Crippen LogP contribution in [0.2, 0.25) is 15.1 Å². The molecule has 7 nitrogen and oxygen atoms in total. The van der Waals surface area contributed by atoms with Crippen LogP contribution in [0.15, 0.2) is 75.7 Å². The first-order chi connectivity index (χ1) is 16.9. The third-order valence-electron chi connectivity index (χ3n) is 4.89. The van der Waals surface area contributed by atoms with E-state index in [4.69, 9.17) is 55.9 Å². The first-order valence-corrected chi connectivity index (χ1v) is 11.6. The maximum atomic E-state index is 12.6. The molecule has 0 bridgehead atoms. The van der Waals surface area contributed by atoms with Crippen LogP contribution in [0.25, 0.3) is 34.0 Å². The van der Waals surface area contributed by atoms with E-state index in [1.807, 2.05) is 0 Å². The van der Waals surface area contributed by atoms with Crippen LogP contribution in [-0.2, 0) is 0 Å². The number of halogens is 3. The Hall–Kier alpha value is -3.43. The Balaban J connectivity index is 1.30. The summed E-state index contributed by atoms with van der Waals surface area (Å²) in [4.78, 5) is 21.2. The Labute approximate surface area is 219 Å². The van der Waals surface area contributed by atoms with Crippen LogP contribution in [0.3, 0.4) is 0 Å². The number of furan rings is 1. The summed E-state index contributed by atoms with van der Waals surface area (Å²) in [5, 5.41) is 6.73. The van der Waals surface area contributed by atoms with Crippen molar-refractivity contribution >= 4 is 75.0 Å². The van der Waals surface area contributed by atoms with Crippen LogP contribution in [-0.4, -0.2) is 21.0 Å². The summed E-state index contributed by atoms with van der Waals surface area (Å²) in [6.07, 6.45) is 1.63. The third kappa shape index (κ3) is 4.87. The molecule has 0 aliphatic rings. The summed E-state index contributed by atoms with van der Waals surface area (Å²) in [5.41, 5.74) is 2.68. The molecule has 0 fully saturated rings. The van der Waals surface area contributed by atoms with Gasteiger partial charge in [0.05, 0.1) is 20.6 Å². The van der Waals surface area contributed by atoms with E-state index >= 15 is 0 Å². The summed E-state index contributed by atoms with van der Waals surface area (Å²) < 4.78 is 11.4. The van der Waals surface area contributed by atoms with Crippen molar-refractivity contribution in [3.63, 3.8) is 0 Å². The number of aromatic nitrogens is 2. The van der Waals surface area contributed by atoms with Gasteiger partial charge in [-0.3, -0.25) is 10.1 Å². The van der Waals surface area contributed by atoms with Crippen LogP contribution in [0, 0.1) is 0 Å². The van der Waals surface area contributed by atoms with Crippen molar-refractivity contribution in [3.05, 3.63) is 87.7 Å². The lowest BCUT2D eigenvalue weighted by Gasteiger charge is -2.10. The van der Waals surface area contributed by atoms with Crippen LogP contribution in [0.5, 0.6) is 0 Å². The lowest BCUT2D eigenvalue weighted by Crippen LogP contribution is -2.33. The molecule has 0 radical (unpaired) electrons. The SMILES string of the molecule is O=C(NC(=S)Nc1ccc(Cl)c(-c2nc3ncccc3o2)c1)c1ccc(-c2cccc(Cl)c2Cl)o1. The van der Waals surface area contributed by atoms with Crippen molar-refractivity contribution in [3.8, 4) is 22.8 Å². The average molecular weight is 544 g/mol. The van der Waals surface area contributed by atoms with Crippen LogP contribution < -0.4 is 10.6 Å². The molecule has 2 aromatic carbocycles. The number of thiocarbonyl (C=S) groups is 1. The molecular formula is C24H13Cl3N4O3S. The number of pyridine rings is 1. The highest BCUT2D eigenvalue weighted by Crippen LogP contribution is 2.34. The maximum absolute atomic E-state index is 12.6. The minimum Gasteiger partial charge on any atom is -0.451 e. The Morgan fingerprint density at radius 2 is 1.77 bits per heavy atom. The number of fused-ring (bicyclic) bond motifs is 1. The summed E-state index contributed by atoms with van der Waals surface area (Å²) in [6.45, 7) is 0. The van der Waals surface area contributed by atoms with Crippen LogP contribution >= 0.6 is 47.0 Å². The largest absolute Gasteiger partial charge is 0.451 e. The summed E-state index contributed by atoms with van der Waals surface area (Å²) >= 11 is 23.9. The zero-order valence-electron chi connectivity index (χ0n) is 17.5. The molecule has 0 saturated carbocycles. The van der Waals surface area contributed by atoms with E-state index in [1.165, 1.54) is 6.07 Å². The van der Waals surface area contributed by atoms with Crippen LogP contribution in [0.4, 0.5) is 5.69 Å². The molecule has 0 saturated heterocycles. The highest BCUT2D eigenvalue weighted by atomic mass is 35.5. The van der Waals surface area contributed by atoms with Crippen molar-refractivity contribution < 1.29 is 13.6 Å². The summed E-state index contributed by atoms with van der Waals surface area (Å²) in [5.74, 6) is 0.226. The van der Waals surface area contributed by atoms with E-state index in [1.54, 1.807) is 60.8 Å². The number of oxazole rings is 1. The lowest BCUT2D eigenvalue weighted by molar-refractivity contribution is 0.0951. The first kappa shape index (κ1) is 23.3. The fourth-order valence-corrected chi connectivity index (χ4v) is 4.08. The number of benzene rings is 2. The topological polar surface area (TPSA) is 93.2 Å². The van der Waals surface area contributed by atoms with Crippen molar-refractivity contribution in [2.75, 3.05) is 5.32 Å². The van der Waals surface area contributed by atoms with Gasteiger partial charge in [-0.25, -0.2) is 4.98 Å². The molecule has 174 valence electrons. The maximum Gasteiger partial charge on any atom is 0.293 e. The number of amides is 1. The van der Waals surface area contributed by atoms with Gasteiger partial charge in [0.1, 0.15) is 5.76 Å². The number of rotatable bonds is 4. The zero-order valence-corrected chi connectivity index (χ0v) is 20.6. The Kier molecular flexibility index (Phi) is 6.44. The number of hydrogen-bond acceptors (Lipinski definition) is 6. The molecule has 11 heteroatoms. The van der Waals surface area contributed by atoms with Gasteiger partial charge in [0, 0.05) is 17.4 Å². The highest BCUT2D eigenvalue weighted by Gasteiger charge is 2.17. The molecule has 3 aromatic heterocycles. The molecular weight excluding hydrogens is 531 g/mol. The first-order valence-electron chi connectivity index (χ1n) is 10.1. The Morgan fingerprint density at radius 3 is 2.60 bits per heavy atom. The molecule has 0 aliphatic heterocycles. The van der Waals surface area contributed by atoms with Crippen LogP contribution in [0.1, 0.15) is 10.6 Å². The van der Waals surface area contributed by atoms with E-state index < -0.39 is 5.91 Å². The summed E-state index contributed by atoms with van der Waals surface area (Å²) in [6, 6.07) is 16.9. The van der Waals surface area contributed by atoms with Gasteiger partial charge in [0.2, 0.25) is 5.89 Å². The molecule has 1 amide bonds. The predicted octanol–water partition coefficient (Wildman–Crippen LogP) is 7.24. The van der Waals surface area contributed by atoms with Crippen molar-refractivity contribution in [2.24, 2.45) is 0 Å². The van der Waals surface area contributed by atoms with Gasteiger partial charge in [0.25, 0.3) is 5.91 Å². The Bertz CT molecular complexity index is 1570. The number of hydrogen-bond donors (Lipinski definition) is 2. The van der Waals surface area contributed by atoms with Crippen molar-refractivity contribution in [2.45, 2.75) is 0 Å².